The highest BCUT2D eigenvalue weighted by atomic mass is 32.2. The van der Waals surface area contributed by atoms with Gasteiger partial charge in [0.25, 0.3) is 10.0 Å². The predicted molar refractivity (Wildman–Crippen MR) is 176 cm³/mol. The molecule has 8 heteroatoms. The number of nitrogens with zero attached hydrogens (tertiary/aromatic N) is 2. The minimum Gasteiger partial charge on any atom is -0.352 e. The Bertz CT molecular complexity index is 1690. The van der Waals surface area contributed by atoms with Gasteiger partial charge in [-0.05, 0) is 81.1 Å². The first-order chi connectivity index (χ1) is 21.0. The number of nitrogens with one attached hydrogen (secondary N) is 1. The van der Waals surface area contributed by atoms with Crippen molar-refractivity contribution >= 4 is 27.5 Å². The standard InChI is InChI=1S/C36H41N3O4S/c1-26(2)37-36(41)34(23-30-14-7-6-8-15-30)38(24-31-16-10-9-13-29(31)5)35(40)25-39(32-17-11-12-28(4)22-32)44(42,43)33-20-18-27(3)19-21-33/h6-22,26,34H,23-25H2,1-5H3,(H,37,41)/t34-/m1/s1. The number of carbonyl (C=O) groups excluding carboxylic acids is 2. The summed E-state index contributed by atoms with van der Waals surface area (Å²) in [5.74, 6) is -0.778. The van der Waals surface area contributed by atoms with Crippen LogP contribution < -0.4 is 9.62 Å². The van der Waals surface area contributed by atoms with E-state index in [0.717, 1.165) is 32.1 Å². The molecule has 0 aliphatic rings. The van der Waals surface area contributed by atoms with Gasteiger partial charge >= 0.3 is 0 Å². The molecule has 0 bridgehead atoms. The fraction of sp³-hybridized carbons (Fsp3) is 0.278. The second-order valence-electron chi connectivity index (χ2n) is 11.5. The van der Waals surface area contributed by atoms with E-state index in [1.54, 1.807) is 42.5 Å². The van der Waals surface area contributed by atoms with Crippen molar-refractivity contribution in [2.75, 3.05) is 10.8 Å². The van der Waals surface area contributed by atoms with E-state index in [1.807, 2.05) is 95.3 Å². The summed E-state index contributed by atoms with van der Waals surface area (Å²) >= 11 is 0. The van der Waals surface area contributed by atoms with Crippen LogP contribution in [-0.4, -0.2) is 43.8 Å². The summed E-state index contributed by atoms with van der Waals surface area (Å²) in [5, 5.41) is 2.99. The molecule has 0 radical (unpaired) electrons. The van der Waals surface area contributed by atoms with Crippen LogP contribution in [0, 0.1) is 20.8 Å². The summed E-state index contributed by atoms with van der Waals surface area (Å²) < 4.78 is 29.4. The molecule has 0 unspecified atom stereocenters. The Morgan fingerprint density at radius 2 is 1.43 bits per heavy atom. The van der Waals surface area contributed by atoms with Crippen molar-refractivity contribution in [3.05, 3.63) is 131 Å². The van der Waals surface area contributed by atoms with Crippen LogP contribution in [0.2, 0.25) is 0 Å². The lowest BCUT2D eigenvalue weighted by Crippen LogP contribution is -2.54. The number of carbonyl (C=O) groups is 2. The third kappa shape index (κ3) is 8.14. The van der Waals surface area contributed by atoms with Crippen LogP contribution in [0.4, 0.5) is 5.69 Å². The van der Waals surface area contributed by atoms with Gasteiger partial charge in [0.2, 0.25) is 11.8 Å². The number of benzene rings is 4. The van der Waals surface area contributed by atoms with Crippen LogP contribution in [0.5, 0.6) is 0 Å². The molecule has 1 atom stereocenters. The van der Waals surface area contributed by atoms with E-state index in [-0.39, 0.29) is 29.8 Å². The zero-order valence-corrected chi connectivity index (χ0v) is 26.8. The van der Waals surface area contributed by atoms with Gasteiger partial charge in [-0.25, -0.2) is 8.42 Å². The summed E-state index contributed by atoms with van der Waals surface area (Å²) in [6, 6.07) is 29.9. The summed E-state index contributed by atoms with van der Waals surface area (Å²) in [5.41, 5.74) is 4.89. The molecule has 0 fully saturated rings. The molecule has 230 valence electrons. The summed E-state index contributed by atoms with van der Waals surface area (Å²) in [7, 11) is -4.14. The van der Waals surface area contributed by atoms with Crippen LogP contribution in [0.15, 0.2) is 108 Å². The van der Waals surface area contributed by atoms with Crippen LogP contribution in [0.3, 0.4) is 0 Å². The van der Waals surface area contributed by atoms with Crippen molar-refractivity contribution < 1.29 is 18.0 Å². The van der Waals surface area contributed by atoms with E-state index in [1.165, 1.54) is 4.90 Å². The SMILES string of the molecule is Cc1ccc(S(=O)(=O)N(CC(=O)N(Cc2ccccc2C)[C@H](Cc2ccccc2)C(=O)NC(C)C)c2cccc(C)c2)cc1. The molecule has 1 N–H and O–H groups in total. The summed E-state index contributed by atoms with van der Waals surface area (Å²) in [4.78, 5) is 29.9. The largest absolute Gasteiger partial charge is 0.352 e. The number of sulfonamides is 1. The number of rotatable bonds is 12. The third-order valence-corrected chi connectivity index (χ3v) is 9.27. The minimum atomic E-state index is -4.14. The summed E-state index contributed by atoms with van der Waals surface area (Å²) in [6.07, 6.45) is 0.270. The van der Waals surface area contributed by atoms with E-state index in [4.69, 9.17) is 0 Å². The number of hydrogen-bond donors (Lipinski definition) is 1. The van der Waals surface area contributed by atoms with Gasteiger partial charge in [-0.15, -0.1) is 0 Å². The van der Waals surface area contributed by atoms with E-state index in [2.05, 4.69) is 5.32 Å². The molecule has 0 spiro atoms. The monoisotopic (exact) mass is 611 g/mol. The van der Waals surface area contributed by atoms with Crippen LogP contribution in [0.1, 0.15) is 41.7 Å². The maximum atomic E-state index is 14.5. The highest BCUT2D eigenvalue weighted by Crippen LogP contribution is 2.26. The maximum absolute atomic E-state index is 14.5. The van der Waals surface area contributed by atoms with E-state index in [0.29, 0.717) is 5.69 Å². The van der Waals surface area contributed by atoms with Crippen molar-refractivity contribution in [1.29, 1.82) is 0 Å². The molecular weight excluding hydrogens is 570 g/mol. The third-order valence-electron chi connectivity index (χ3n) is 7.48. The van der Waals surface area contributed by atoms with E-state index >= 15 is 0 Å². The van der Waals surface area contributed by atoms with E-state index in [9.17, 15) is 18.0 Å². The average molecular weight is 612 g/mol. The van der Waals surface area contributed by atoms with Crippen molar-refractivity contribution in [3.8, 4) is 0 Å². The van der Waals surface area contributed by atoms with Gasteiger partial charge in [0.05, 0.1) is 10.6 Å². The lowest BCUT2D eigenvalue weighted by molar-refractivity contribution is -0.140. The number of amides is 2. The molecule has 0 saturated carbocycles. The van der Waals surface area contributed by atoms with Gasteiger partial charge in [0.1, 0.15) is 12.6 Å². The molecule has 0 aromatic heterocycles. The number of anilines is 1. The van der Waals surface area contributed by atoms with Gasteiger partial charge in [0, 0.05) is 19.0 Å². The maximum Gasteiger partial charge on any atom is 0.264 e. The van der Waals surface area contributed by atoms with E-state index < -0.39 is 28.5 Å². The van der Waals surface area contributed by atoms with Crippen molar-refractivity contribution in [2.24, 2.45) is 0 Å². The Morgan fingerprint density at radius 3 is 2.07 bits per heavy atom. The normalized spacial score (nSPS) is 12.0. The van der Waals surface area contributed by atoms with Gasteiger partial charge in [-0.2, -0.15) is 0 Å². The zero-order valence-electron chi connectivity index (χ0n) is 26.0. The highest BCUT2D eigenvalue weighted by molar-refractivity contribution is 7.92. The number of hydrogen-bond acceptors (Lipinski definition) is 4. The molecule has 7 nitrogen and oxygen atoms in total. The Morgan fingerprint density at radius 1 is 0.773 bits per heavy atom. The highest BCUT2D eigenvalue weighted by Gasteiger charge is 2.35. The number of aryl methyl sites for hydroxylation is 3. The van der Waals surface area contributed by atoms with Crippen molar-refractivity contribution in [2.45, 2.75) is 64.6 Å². The van der Waals surface area contributed by atoms with Crippen molar-refractivity contribution in [3.63, 3.8) is 0 Å². The van der Waals surface area contributed by atoms with Crippen molar-refractivity contribution in [1.82, 2.24) is 10.2 Å². The average Bonchev–Trinajstić information content (AvgIpc) is 2.98. The van der Waals surface area contributed by atoms with Gasteiger partial charge in [-0.1, -0.05) is 84.4 Å². The Labute approximate surface area is 261 Å². The molecule has 0 heterocycles. The second-order valence-corrected chi connectivity index (χ2v) is 13.3. The quantitative estimate of drug-likeness (QED) is 0.214. The van der Waals surface area contributed by atoms with Crippen LogP contribution >= 0.6 is 0 Å². The topological polar surface area (TPSA) is 86.8 Å². The molecule has 44 heavy (non-hydrogen) atoms. The fourth-order valence-corrected chi connectivity index (χ4v) is 6.46. The minimum absolute atomic E-state index is 0.0845. The lowest BCUT2D eigenvalue weighted by atomic mass is 10.0. The molecular formula is C36H41N3O4S. The smallest absolute Gasteiger partial charge is 0.264 e. The Hall–Kier alpha value is -4.43. The van der Waals surface area contributed by atoms with Crippen LogP contribution in [-0.2, 0) is 32.6 Å². The first-order valence-corrected chi connectivity index (χ1v) is 16.2. The van der Waals surface area contributed by atoms with Gasteiger partial charge in [-0.3, -0.25) is 13.9 Å². The second kappa shape index (κ2) is 14.4. The first-order valence-electron chi connectivity index (χ1n) is 14.8. The lowest BCUT2D eigenvalue weighted by Gasteiger charge is -2.34. The Kier molecular flexibility index (Phi) is 10.6. The molecule has 0 saturated heterocycles. The molecule has 2 amide bonds. The summed E-state index contributed by atoms with van der Waals surface area (Å²) in [6.45, 7) is 9.12. The molecule has 0 aliphatic heterocycles. The fourth-order valence-electron chi connectivity index (χ4n) is 5.05. The predicted octanol–water partition coefficient (Wildman–Crippen LogP) is 5.97. The molecule has 4 rings (SSSR count). The molecule has 0 aliphatic carbocycles. The van der Waals surface area contributed by atoms with Gasteiger partial charge < -0.3 is 10.2 Å². The Balaban J connectivity index is 1.82. The van der Waals surface area contributed by atoms with Gasteiger partial charge in [0.15, 0.2) is 0 Å². The molecule has 4 aromatic carbocycles. The first kappa shape index (κ1) is 32.5. The zero-order chi connectivity index (χ0) is 31.9. The van der Waals surface area contributed by atoms with Crippen LogP contribution in [0.25, 0.3) is 0 Å². The molecule has 4 aromatic rings.